The Morgan fingerprint density at radius 2 is 2.06 bits per heavy atom. The summed E-state index contributed by atoms with van der Waals surface area (Å²) < 4.78 is 0. The molecule has 5 nitrogen and oxygen atoms in total. The van der Waals surface area contributed by atoms with Crippen LogP contribution in [0.5, 0.6) is 0 Å². The minimum Gasteiger partial charge on any atom is -0.478 e. The highest BCUT2D eigenvalue weighted by molar-refractivity contribution is 7.98. The minimum atomic E-state index is -1.00. The van der Waals surface area contributed by atoms with Gasteiger partial charge in [-0.3, -0.25) is 0 Å². The summed E-state index contributed by atoms with van der Waals surface area (Å²) in [4.78, 5) is 11.1. The van der Waals surface area contributed by atoms with Crippen molar-refractivity contribution < 1.29 is 9.90 Å². The second-order valence-electron chi connectivity index (χ2n) is 4.33. The number of aromatic nitrogens is 2. The lowest BCUT2D eigenvalue weighted by Crippen LogP contribution is -2.28. The van der Waals surface area contributed by atoms with Crippen LogP contribution in [-0.4, -0.2) is 33.1 Å². The Kier molecular flexibility index (Phi) is 3.74. The Balaban J connectivity index is 3.13. The summed E-state index contributed by atoms with van der Waals surface area (Å²) in [6.45, 7) is 5.80. The Hall–Kier alpha value is -1.30. The lowest BCUT2D eigenvalue weighted by Gasteiger charge is -2.21. The molecule has 2 N–H and O–H groups in total. The van der Waals surface area contributed by atoms with Crippen molar-refractivity contribution in [3.8, 4) is 0 Å². The van der Waals surface area contributed by atoms with Gasteiger partial charge in [0.15, 0.2) is 5.82 Å². The zero-order valence-electron chi connectivity index (χ0n) is 9.74. The van der Waals surface area contributed by atoms with E-state index in [2.05, 4.69) is 15.5 Å². The first-order chi connectivity index (χ1) is 7.33. The van der Waals surface area contributed by atoms with E-state index in [1.165, 1.54) is 17.8 Å². The quantitative estimate of drug-likeness (QED) is 0.789. The number of hydrogen-bond acceptors (Lipinski definition) is 5. The predicted molar refractivity (Wildman–Crippen MR) is 64.1 cm³/mol. The molecule has 1 aromatic rings. The third-order valence-electron chi connectivity index (χ3n) is 1.70. The van der Waals surface area contributed by atoms with Crippen LogP contribution in [0.15, 0.2) is 11.1 Å². The van der Waals surface area contributed by atoms with Gasteiger partial charge in [0.25, 0.3) is 0 Å². The third-order valence-corrected chi connectivity index (χ3v) is 2.32. The van der Waals surface area contributed by atoms with Crippen LogP contribution in [0.25, 0.3) is 0 Å². The average molecular weight is 241 g/mol. The lowest BCUT2D eigenvalue weighted by molar-refractivity contribution is 0.0697. The number of nitrogens with zero attached hydrogens (tertiary/aromatic N) is 2. The van der Waals surface area contributed by atoms with E-state index in [-0.39, 0.29) is 11.1 Å². The van der Waals surface area contributed by atoms with Crippen molar-refractivity contribution in [2.24, 2.45) is 0 Å². The largest absolute Gasteiger partial charge is 0.478 e. The molecular formula is C10H15N3O2S. The molecule has 0 radical (unpaired) electrons. The zero-order chi connectivity index (χ0) is 12.3. The van der Waals surface area contributed by atoms with E-state index in [0.29, 0.717) is 10.8 Å². The summed E-state index contributed by atoms with van der Waals surface area (Å²) >= 11 is 1.36. The molecule has 0 spiro atoms. The van der Waals surface area contributed by atoms with Crippen LogP contribution in [0.4, 0.5) is 5.82 Å². The number of carboxylic acids is 1. The van der Waals surface area contributed by atoms with Gasteiger partial charge in [-0.1, -0.05) is 0 Å². The topological polar surface area (TPSA) is 75.1 Å². The molecule has 1 aromatic heterocycles. The van der Waals surface area contributed by atoms with Crippen molar-refractivity contribution >= 4 is 23.5 Å². The monoisotopic (exact) mass is 241 g/mol. The van der Waals surface area contributed by atoms with Crippen LogP contribution >= 0.6 is 11.8 Å². The summed E-state index contributed by atoms with van der Waals surface area (Å²) in [5.41, 5.74) is -0.103. The van der Waals surface area contributed by atoms with Crippen LogP contribution in [0.2, 0.25) is 0 Å². The van der Waals surface area contributed by atoms with E-state index in [1.54, 1.807) is 0 Å². The van der Waals surface area contributed by atoms with Gasteiger partial charge in [-0.15, -0.1) is 22.0 Å². The standard InChI is InChI=1S/C10H15N3O2S/c1-10(2,3)11-8-6(9(14)15)5-7(16-4)12-13-8/h5H,1-4H3,(H,11,13)(H,14,15). The molecule has 0 bridgehead atoms. The highest BCUT2D eigenvalue weighted by atomic mass is 32.2. The van der Waals surface area contributed by atoms with E-state index in [9.17, 15) is 4.79 Å². The number of thioether (sulfide) groups is 1. The molecule has 0 aromatic carbocycles. The summed E-state index contributed by atoms with van der Waals surface area (Å²) in [5, 5.41) is 20.5. The van der Waals surface area contributed by atoms with Gasteiger partial charge in [-0.05, 0) is 33.1 Å². The lowest BCUT2D eigenvalue weighted by atomic mass is 10.1. The molecule has 0 aliphatic rings. The maximum absolute atomic E-state index is 11.1. The second kappa shape index (κ2) is 4.69. The van der Waals surface area contributed by atoms with Gasteiger partial charge in [0.2, 0.25) is 0 Å². The van der Waals surface area contributed by atoms with Crippen LogP contribution in [0, 0.1) is 0 Å². The van der Waals surface area contributed by atoms with Gasteiger partial charge in [-0.25, -0.2) is 4.79 Å². The van der Waals surface area contributed by atoms with Crippen molar-refractivity contribution in [1.29, 1.82) is 0 Å². The molecule has 1 heterocycles. The van der Waals surface area contributed by atoms with E-state index < -0.39 is 5.97 Å². The number of carboxylic acid groups (broad SMARTS) is 1. The highest BCUT2D eigenvalue weighted by Gasteiger charge is 2.18. The summed E-state index contributed by atoms with van der Waals surface area (Å²) in [7, 11) is 0. The number of aromatic carboxylic acids is 1. The maximum Gasteiger partial charge on any atom is 0.339 e. The molecule has 0 aliphatic carbocycles. The number of nitrogens with one attached hydrogen (secondary N) is 1. The fourth-order valence-corrected chi connectivity index (χ4v) is 1.44. The van der Waals surface area contributed by atoms with Crippen molar-refractivity contribution in [3.63, 3.8) is 0 Å². The van der Waals surface area contributed by atoms with Crippen molar-refractivity contribution in [1.82, 2.24) is 10.2 Å². The molecule has 0 saturated carbocycles. The Labute approximate surface area is 98.7 Å². The van der Waals surface area contributed by atoms with Gasteiger partial charge < -0.3 is 10.4 Å². The molecule has 6 heteroatoms. The molecule has 0 fully saturated rings. The summed E-state index contributed by atoms with van der Waals surface area (Å²) in [6.07, 6.45) is 1.83. The van der Waals surface area contributed by atoms with Crippen molar-refractivity contribution in [3.05, 3.63) is 11.6 Å². The maximum atomic E-state index is 11.1. The van der Waals surface area contributed by atoms with Gasteiger partial charge in [-0.2, -0.15) is 0 Å². The Bertz CT molecular complexity index is 402. The molecule has 0 saturated heterocycles. The fourth-order valence-electron chi connectivity index (χ4n) is 1.08. The molecule has 1 rings (SSSR count). The predicted octanol–water partition coefficient (Wildman–Crippen LogP) is 2.11. The molecule has 0 unspecified atom stereocenters. The fraction of sp³-hybridized carbons (Fsp3) is 0.500. The average Bonchev–Trinajstić information content (AvgIpc) is 2.15. The summed E-state index contributed by atoms with van der Waals surface area (Å²) in [5.74, 6) is -0.699. The highest BCUT2D eigenvalue weighted by Crippen LogP contribution is 2.20. The van der Waals surface area contributed by atoms with E-state index in [1.807, 2.05) is 27.0 Å². The van der Waals surface area contributed by atoms with Crippen LogP contribution in [0.1, 0.15) is 31.1 Å². The first-order valence-electron chi connectivity index (χ1n) is 4.76. The number of hydrogen-bond donors (Lipinski definition) is 2. The van der Waals surface area contributed by atoms with E-state index >= 15 is 0 Å². The van der Waals surface area contributed by atoms with Gasteiger partial charge in [0.05, 0.1) is 0 Å². The van der Waals surface area contributed by atoms with Crippen LogP contribution in [-0.2, 0) is 0 Å². The van der Waals surface area contributed by atoms with E-state index in [0.717, 1.165) is 0 Å². The molecule has 0 amide bonds. The Morgan fingerprint density at radius 1 is 1.44 bits per heavy atom. The van der Waals surface area contributed by atoms with Gasteiger partial charge in [0, 0.05) is 5.54 Å². The number of carbonyl (C=O) groups is 1. The molecule has 0 aliphatic heterocycles. The van der Waals surface area contributed by atoms with Gasteiger partial charge in [0.1, 0.15) is 10.6 Å². The van der Waals surface area contributed by atoms with Crippen LogP contribution < -0.4 is 5.32 Å². The number of anilines is 1. The van der Waals surface area contributed by atoms with Crippen LogP contribution in [0.3, 0.4) is 0 Å². The minimum absolute atomic E-state index is 0.147. The van der Waals surface area contributed by atoms with Crippen molar-refractivity contribution in [2.75, 3.05) is 11.6 Å². The smallest absolute Gasteiger partial charge is 0.339 e. The molecule has 16 heavy (non-hydrogen) atoms. The normalized spacial score (nSPS) is 11.2. The van der Waals surface area contributed by atoms with E-state index in [4.69, 9.17) is 5.11 Å². The SMILES string of the molecule is CSc1cc(C(=O)O)c(NC(C)(C)C)nn1. The Morgan fingerprint density at radius 3 is 2.50 bits per heavy atom. The molecule has 0 atom stereocenters. The second-order valence-corrected chi connectivity index (χ2v) is 5.16. The summed E-state index contributed by atoms with van der Waals surface area (Å²) in [6, 6.07) is 1.52. The zero-order valence-corrected chi connectivity index (χ0v) is 10.6. The van der Waals surface area contributed by atoms with Crippen molar-refractivity contribution in [2.45, 2.75) is 31.3 Å². The van der Waals surface area contributed by atoms with Gasteiger partial charge >= 0.3 is 5.97 Å². The third kappa shape index (κ3) is 3.37. The first-order valence-corrected chi connectivity index (χ1v) is 5.99. The molecular weight excluding hydrogens is 226 g/mol. The first kappa shape index (κ1) is 12.8. The number of rotatable bonds is 3. The molecule has 88 valence electrons.